The van der Waals surface area contributed by atoms with E-state index in [-0.39, 0.29) is 13.2 Å². The molecule has 0 saturated carbocycles. The van der Waals surface area contributed by atoms with Crippen LogP contribution in [0.3, 0.4) is 0 Å². The Kier molecular flexibility index (Phi) is 6.53. The Hall–Kier alpha value is -2.16. The molecule has 1 fully saturated rings. The Labute approximate surface area is 138 Å². The van der Waals surface area contributed by atoms with Crippen LogP contribution in [0.5, 0.6) is 0 Å². The number of nitrogens with one attached hydrogen (secondary N) is 1. The first-order valence-corrected chi connectivity index (χ1v) is 7.48. The Morgan fingerprint density at radius 1 is 1.38 bits per heavy atom. The van der Waals surface area contributed by atoms with Gasteiger partial charge in [-0.15, -0.1) is 0 Å². The molecule has 0 unspecified atom stereocenters. The molecular weight excluding hydrogens is 316 g/mol. The second-order valence-corrected chi connectivity index (χ2v) is 5.46. The van der Waals surface area contributed by atoms with Gasteiger partial charge in [-0.1, -0.05) is 35.4 Å². The lowest BCUT2D eigenvalue weighted by atomic mass is 9.96. The molecule has 1 aromatic carbocycles. The van der Waals surface area contributed by atoms with Gasteiger partial charge in [0, 0.05) is 11.8 Å². The first kappa shape index (κ1) is 18.2. The molecule has 1 aromatic rings. The molecule has 1 heterocycles. The highest BCUT2D eigenvalue weighted by atomic mass is 16.7. The molecule has 9 nitrogen and oxygen atoms in total. The number of aliphatic hydroxyl groups excluding tert-OH is 2. The number of rotatable bonds is 6. The van der Waals surface area contributed by atoms with E-state index in [4.69, 9.17) is 15.0 Å². The van der Waals surface area contributed by atoms with E-state index < -0.39 is 36.6 Å². The van der Waals surface area contributed by atoms with E-state index in [0.29, 0.717) is 0 Å². The lowest BCUT2D eigenvalue weighted by Gasteiger charge is -2.42. The summed E-state index contributed by atoms with van der Waals surface area (Å²) in [5, 5.41) is 26.2. The van der Waals surface area contributed by atoms with Crippen molar-refractivity contribution >= 4 is 5.91 Å². The molecule has 1 amide bonds. The minimum Gasteiger partial charge on any atom is -0.388 e. The van der Waals surface area contributed by atoms with Crippen molar-refractivity contribution in [3.05, 3.63) is 46.3 Å². The average Bonchev–Trinajstić information content (AvgIpc) is 2.58. The second-order valence-electron chi connectivity index (χ2n) is 5.46. The van der Waals surface area contributed by atoms with Gasteiger partial charge in [0.25, 0.3) is 0 Å². The van der Waals surface area contributed by atoms with Crippen LogP contribution in [0, 0.1) is 0 Å². The van der Waals surface area contributed by atoms with Crippen LogP contribution in [0.4, 0.5) is 0 Å². The number of carbonyl (C=O) groups is 1. The van der Waals surface area contributed by atoms with Crippen LogP contribution in [0.15, 0.2) is 35.4 Å². The molecule has 24 heavy (non-hydrogen) atoms. The van der Waals surface area contributed by atoms with E-state index in [0.717, 1.165) is 5.56 Å². The van der Waals surface area contributed by atoms with Gasteiger partial charge < -0.3 is 25.0 Å². The molecule has 0 radical (unpaired) electrons. The first-order valence-electron chi connectivity index (χ1n) is 7.48. The standard InChI is InChI=1S/C15H20N4O5/c1-9(20)18-12-14(22)13(21)11(7-17-19-16)24-15(12)23-8-10-5-3-2-4-6-10/h2-6,11-15,21-22H,7-8H2,1H3,(H,18,20)/t11-,12-,13+,14-,15-/m0/s1. The van der Waals surface area contributed by atoms with Gasteiger partial charge >= 0.3 is 0 Å². The minimum atomic E-state index is -1.32. The number of nitrogens with zero attached hydrogens (tertiary/aromatic N) is 3. The summed E-state index contributed by atoms with van der Waals surface area (Å²) in [6.45, 7) is 1.32. The Balaban J connectivity index is 2.11. The van der Waals surface area contributed by atoms with Crippen LogP contribution < -0.4 is 5.32 Å². The molecule has 1 aliphatic rings. The van der Waals surface area contributed by atoms with Crippen molar-refractivity contribution in [3.63, 3.8) is 0 Å². The molecule has 1 aliphatic heterocycles. The molecular formula is C15H20N4O5. The van der Waals surface area contributed by atoms with Gasteiger partial charge in [0.1, 0.15) is 18.2 Å². The topological polar surface area (TPSA) is 137 Å². The van der Waals surface area contributed by atoms with Crippen LogP contribution in [0.2, 0.25) is 0 Å². The third kappa shape index (κ3) is 4.67. The van der Waals surface area contributed by atoms with Gasteiger partial charge in [-0.25, -0.2) is 0 Å². The van der Waals surface area contributed by atoms with Crippen molar-refractivity contribution in [2.75, 3.05) is 6.54 Å². The van der Waals surface area contributed by atoms with Crippen LogP contribution in [0.25, 0.3) is 10.4 Å². The van der Waals surface area contributed by atoms with Gasteiger partial charge in [-0.2, -0.15) is 0 Å². The summed E-state index contributed by atoms with van der Waals surface area (Å²) in [5.41, 5.74) is 9.29. The molecule has 130 valence electrons. The maximum absolute atomic E-state index is 11.4. The van der Waals surface area contributed by atoms with E-state index in [1.54, 1.807) is 0 Å². The van der Waals surface area contributed by atoms with E-state index in [1.807, 2.05) is 30.3 Å². The van der Waals surface area contributed by atoms with Crippen molar-refractivity contribution in [1.82, 2.24) is 5.32 Å². The van der Waals surface area contributed by atoms with Gasteiger partial charge in [0.15, 0.2) is 6.29 Å². The van der Waals surface area contributed by atoms with Crippen molar-refractivity contribution in [1.29, 1.82) is 0 Å². The zero-order valence-electron chi connectivity index (χ0n) is 13.1. The molecule has 0 aromatic heterocycles. The van der Waals surface area contributed by atoms with E-state index in [1.165, 1.54) is 6.92 Å². The third-order valence-electron chi connectivity index (χ3n) is 3.65. The van der Waals surface area contributed by atoms with Crippen molar-refractivity contribution < 1.29 is 24.5 Å². The maximum atomic E-state index is 11.4. The Morgan fingerprint density at radius 3 is 2.71 bits per heavy atom. The fraction of sp³-hybridized carbons (Fsp3) is 0.533. The Morgan fingerprint density at radius 2 is 2.08 bits per heavy atom. The first-order chi connectivity index (χ1) is 11.5. The molecule has 5 atom stereocenters. The molecule has 1 saturated heterocycles. The molecule has 0 bridgehead atoms. The predicted molar refractivity (Wildman–Crippen MR) is 83.5 cm³/mol. The monoisotopic (exact) mass is 336 g/mol. The van der Waals surface area contributed by atoms with Crippen LogP contribution in [0.1, 0.15) is 12.5 Å². The lowest BCUT2D eigenvalue weighted by Crippen LogP contribution is -2.64. The lowest BCUT2D eigenvalue weighted by molar-refractivity contribution is -0.265. The number of benzene rings is 1. The van der Waals surface area contributed by atoms with Gasteiger partial charge in [0.2, 0.25) is 5.91 Å². The smallest absolute Gasteiger partial charge is 0.217 e. The summed E-state index contributed by atoms with van der Waals surface area (Å²) in [6.07, 6.45) is -4.56. The molecule has 0 aliphatic carbocycles. The van der Waals surface area contributed by atoms with Gasteiger partial charge in [0.05, 0.1) is 19.3 Å². The summed E-state index contributed by atoms with van der Waals surface area (Å²) < 4.78 is 11.3. The molecule has 9 heteroatoms. The van der Waals surface area contributed by atoms with Crippen LogP contribution in [-0.4, -0.2) is 53.3 Å². The van der Waals surface area contributed by atoms with Crippen molar-refractivity contribution in [3.8, 4) is 0 Å². The number of amides is 1. The largest absolute Gasteiger partial charge is 0.388 e. The summed E-state index contributed by atoms with van der Waals surface area (Å²) in [7, 11) is 0. The molecule has 3 N–H and O–H groups in total. The second kappa shape index (κ2) is 8.62. The maximum Gasteiger partial charge on any atom is 0.217 e. The highest BCUT2D eigenvalue weighted by Gasteiger charge is 2.45. The summed E-state index contributed by atoms with van der Waals surface area (Å²) >= 11 is 0. The number of azide groups is 1. The SMILES string of the molecule is CC(=O)N[C@@H]1[C@@H](OCc2ccccc2)O[C@@H](CN=[N+]=[N-])[C@@H](O)[C@H]1O. The third-order valence-corrected chi connectivity index (χ3v) is 3.65. The van der Waals surface area contributed by atoms with Crippen molar-refractivity contribution in [2.24, 2.45) is 5.11 Å². The number of hydrogen-bond donors (Lipinski definition) is 3. The van der Waals surface area contributed by atoms with Crippen LogP contribution in [-0.2, 0) is 20.9 Å². The normalized spacial score (nSPS) is 29.5. The van der Waals surface area contributed by atoms with Gasteiger partial charge in [-0.3, -0.25) is 4.79 Å². The number of ether oxygens (including phenoxy) is 2. The highest BCUT2D eigenvalue weighted by molar-refractivity contribution is 5.73. The van der Waals surface area contributed by atoms with Crippen molar-refractivity contribution in [2.45, 2.75) is 44.2 Å². The number of aliphatic hydroxyl groups is 2. The number of carbonyl (C=O) groups excluding carboxylic acids is 1. The molecule has 0 spiro atoms. The summed E-state index contributed by atoms with van der Waals surface area (Å²) in [5.74, 6) is -0.392. The predicted octanol–water partition coefficient (Wildman–Crippen LogP) is 0.465. The fourth-order valence-electron chi connectivity index (χ4n) is 2.48. The van der Waals surface area contributed by atoms with E-state index in [2.05, 4.69) is 15.3 Å². The summed E-state index contributed by atoms with van der Waals surface area (Å²) in [6, 6.07) is 8.36. The fourth-order valence-corrected chi connectivity index (χ4v) is 2.48. The zero-order chi connectivity index (χ0) is 17.5. The number of hydrogen-bond acceptors (Lipinski definition) is 6. The van der Waals surface area contributed by atoms with Crippen LogP contribution >= 0.6 is 0 Å². The molecule has 2 rings (SSSR count). The highest BCUT2D eigenvalue weighted by Crippen LogP contribution is 2.23. The average molecular weight is 336 g/mol. The summed E-state index contributed by atoms with van der Waals surface area (Å²) in [4.78, 5) is 14.0. The quantitative estimate of drug-likeness (QED) is 0.394. The van der Waals surface area contributed by atoms with Gasteiger partial charge in [-0.05, 0) is 11.1 Å². The Bertz CT molecular complexity index is 593. The van der Waals surface area contributed by atoms with E-state index in [9.17, 15) is 15.0 Å². The van der Waals surface area contributed by atoms with E-state index >= 15 is 0 Å². The zero-order valence-corrected chi connectivity index (χ0v) is 13.1. The minimum absolute atomic E-state index is 0.160.